The van der Waals surface area contributed by atoms with E-state index in [2.05, 4.69) is 5.32 Å². The van der Waals surface area contributed by atoms with Gasteiger partial charge in [0.25, 0.3) is 0 Å². The van der Waals surface area contributed by atoms with Gasteiger partial charge in [0.1, 0.15) is 5.54 Å². The smallest absolute Gasteiger partial charge is 0.248 e. The Labute approximate surface area is 108 Å². The summed E-state index contributed by atoms with van der Waals surface area (Å²) in [7, 11) is 0. The molecule has 1 heterocycles. The van der Waals surface area contributed by atoms with Crippen LogP contribution in [0.25, 0.3) is 0 Å². The van der Waals surface area contributed by atoms with Gasteiger partial charge in [0.15, 0.2) is 0 Å². The molecule has 1 N–H and O–H groups in total. The summed E-state index contributed by atoms with van der Waals surface area (Å²) in [5.74, 6) is 0.122. The Kier molecular flexibility index (Phi) is 3.73. The first-order valence-electron chi connectivity index (χ1n) is 6.82. The predicted molar refractivity (Wildman–Crippen MR) is 69.9 cm³/mol. The number of amides is 2. The Morgan fingerprint density at radius 1 is 1.39 bits per heavy atom. The van der Waals surface area contributed by atoms with Gasteiger partial charge in [-0.05, 0) is 26.7 Å². The zero-order chi connectivity index (χ0) is 13.2. The summed E-state index contributed by atoms with van der Waals surface area (Å²) in [5.41, 5.74) is -0.608. The quantitative estimate of drug-likeness (QED) is 0.757. The molecule has 0 aromatic rings. The first-order chi connectivity index (χ1) is 8.59. The normalized spacial score (nSPS) is 27.9. The van der Waals surface area contributed by atoms with Gasteiger partial charge in [0.05, 0.1) is 0 Å². The molecule has 2 aliphatic rings. The van der Waals surface area contributed by atoms with E-state index in [4.69, 9.17) is 0 Å². The van der Waals surface area contributed by atoms with Crippen LogP contribution in [0.4, 0.5) is 0 Å². The highest BCUT2D eigenvalue weighted by Crippen LogP contribution is 2.34. The maximum absolute atomic E-state index is 12.7. The van der Waals surface area contributed by atoms with E-state index in [1.54, 1.807) is 0 Å². The Hall–Kier alpha value is -1.32. The second kappa shape index (κ2) is 5.12. The molecule has 2 fully saturated rings. The highest BCUT2D eigenvalue weighted by atomic mass is 16.2. The van der Waals surface area contributed by atoms with Gasteiger partial charge in [0.2, 0.25) is 11.8 Å². The summed E-state index contributed by atoms with van der Waals surface area (Å²) in [4.78, 5) is 26.5. The van der Waals surface area contributed by atoms with Gasteiger partial charge in [0, 0.05) is 19.0 Å². The van der Waals surface area contributed by atoms with E-state index >= 15 is 0 Å². The monoisotopic (exact) mass is 250 g/mol. The standard InChI is InChI=1S/C14H22N2O2/c1-3-4-9-16-11(2)10-12(17)15-14(13(16)18)7-5-6-8-14/h3-4,11H,5-10H2,1-2H3,(H,15,17)/b4-3+. The predicted octanol–water partition coefficient (Wildman–Crippen LogP) is 1.61. The van der Waals surface area contributed by atoms with Gasteiger partial charge in [-0.3, -0.25) is 9.59 Å². The molecule has 1 aliphatic carbocycles. The minimum absolute atomic E-state index is 0.0146. The number of hydrogen-bond acceptors (Lipinski definition) is 2. The summed E-state index contributed by atoms with van der Waals surface area (Å²) in [5, 5.41) is 2.99. The molecule has 0 bridgehead atoms. The zero-order valence-corrected chi connectivity index (χ0v) is 11.2. The average molecular weight is 250 g/mol. The summed E-state index contributed by atoms with van der Waals surface area (Å²) < 4.78 is 0. The minimum Gasteiger partial charge on any atom is -0.342 e. The molecule has 0 aromatic carbocycles. The van der Waals surface area contributed by atoms with Crippen molar-refractivity contribution in [3.63, 3.8) is 0 Å². The Morgan fingerprint density at radius 3 is 2.67 bits per heavy atom. The molecule has 100 valence electrons. The molecule has 1 atom stereocenters. The third-order valence-electron chi connectivity index (χ3n) is 4.06. The number of carbonyl (C=O) groups is 2. The van der Waals surface area contributed by atoms with Crippen molar-refractivity contribution in [1.82, 2.24) is 10.2 Å². The van der Waals surface area contributed by atoms with Gasteiger partial charge in [-0.25, -0.2) is 0 Å². The van der Waals surface area contributed by atoms with Gasteiger partial charge in [-0.15, -0.1) is 0 Å². The molecule has 1 aliphatic heterocycles. The maximum atomic E-state index is 12.7. The maximum Gasteiger partial charge on any atom is 0.248 e. The zero-order valence-electron chi connectivity index (χ0n) is 11.2. The number of allylic oxidation sites excluding steroid dienone is 1. The number of carbonyl (C=O) groups excluding carboxylic acids is 2. The van der Waals surface area contributed by atoms with Gasteiger partial charge < -0.3 is 10.2 Å². The van der Waals surface area contributed by atoms with Crippen molar-refractivity contribution in [2.75, 3.05) is 6.54 Å². The van der Waals surface area contributed by atoms with Crippen LogP contribution in [-0.4, -0.2) is 34.8 Å². The summed E-state index contributed by atoms with van der Waals surface area (Å²) in [6, 6.07) is -0.0197. The van der Waals surface area contributed by atoms with Crippen LogP contribution in [0, 0.1) is 0 Å². The first kappa shape index (κ1) is 13.1. The number of rotatable bonds is 2. The van der Waals surface area contributed by atoms with Gasteiger partial charge in [-0.2, -0.15) is 0 Å². The van der Waals surface area contributed by atoms with Crippen LogP contribution in [0.1, 0.15) is 46.0 Å². The van der Waals surface area contributed by atoms with E-state index in [-0.39, 0.29) is 17.9 Å². The van der Waals surface area contributed by atoms with Crippen LogP contribution in [-0.2, 0) is 9.59 Å². The van der Waals surface area contributed by atoms with Crippen molar-refractivity contribution in [3.05, 3.63) is 12.2 Å². The van der Waals surface area contributed by atoms with Crippen LogP contribution in [0.3, 0.4) is 0 Å². The SMILES string of the molecule is C/C=C/CN1C(=O)C2(CCCC2)NC(=O)CC1C. The topological polar surface area (TPSA) is 49.4 Å². The highest BCUT2D eigenvalue weighted by Gasteiger charge is 2.47. The third kappa shape index (κ3) is 2.28. The average Bonchev–Trinajstić information content (AvgIpc) is 2.75. The molecular formula is C14H22N2O2. The molecule has 2 rings (SSSR count). The molecule has 0 aromatic heterocycles. The molecule has 1 saturated carbocycles. The second-order valence-corrected chi connectivity index (χ2v) is 5.42. The third-order valence-corrected chi connectivity index (χ3v) is 4.06. The van der Waals surface area contributed by atoms with Crippen LogP contribution >= 0.6 is 0 Å². The first-order valence-corrected chi connectivity index (χ1v) is 6.82. The number of hydrogen-bond donors (Lipinski definition) is 1. The van der Waals surface area contributed by atoms with E-state index in [1.165, 1.54) is 0 Å². The number of nitrogens with zero attached hydrogens (tertiary/aromatic N) is 1. The van der Waals surface area contributed by atoms with Crippen molar-refractivity contribution in [1.29, 1.82) is 0 Å². The Bertz CT molecular complexity index is 370. The molecule has 4 heteroatoms. The molecule has 2 amide bonds. The summed E-state index contributed by atoms with van der Waals surface area (Å²) >= 11 is 0. The van der Waals surface area contributed by atoms with Crippen molar-refractivity contribution in [2.45, 2.75) is 57.5 Å². The lowest BCUT2D eigenvalue weighted by atomic mass is 9.95. The lowest BCUT2D eigenvalue weighted by molar-refractivity contribution is -0.139. The van der Waals surface area contributed by atoms with Crippen LogP contribution in [0.15, 0.2) is 12.2 Å². The fraction of sp³-hybridized carbons (Fsp3) is 0.714. The second-order valence-electron chi connectivity index (χ2n) is 5.42. The molecule has 0 radical (unpaired) electrons. The lowest BCUT2D eigenvalue weighted by Crippen LogP contribution is -2.56. The fourth-order valence-electron chi connectivity index (χ4n) is 3.02. The molecular weight excluding hydrogens is 228 g/mol. The molecule has 1 spiro atoms. The fourth-order valence-corrected chi connectivity index (χ4v) is 3.02. The van der Waals surface area contributed by atoms with Crippen molar-refractivity contribution in [3.8, 4) is 0 Å². The molecule has 1 unspecified atom stereocenters. The van der Waals surface area contributed by atoms with Crippen LogP contribution in [0.5, 0.6) is 0 Å². The Morgan fingerprint density at radius 2 is 2.06 bits per heavy atom. The van der Waals surface area contributed by atoms with E-state index in [0.717, 1.165) is 25.7 Å². The van der Waals surface area contributed by atoms with Crippen molar-refractivity contribution < 1.29 is 9.59 Å². The highest BCUT2D eigenvalue weighted by molar-refractivity contribution is 5.94. The van der Waals surface area contributed by atoms with E-state index in [9.17, 15) is 9.59 Å². The Balaban J connectivity index is 2.27. The molecule has 4 nitrogen and oxygen atoms in total. The molecule has 18 heavy (non-hydrogen) atoms. The van der Waals surface area contributed by atoms with Crippen LogP contribution < -0.4 is 5.32 Å². The van der Waals surface area contributed by atoms with Crippen molar-refractivity contribution in [2.24, 2.45) is 0 Å². The van der Waals surface area contributed by atoms with Gasteiger partial charge in [-0.1, -0.05) is 25.0 Å². The number of nitrogens with one attached hydrogen (secondary N) is 1. The minimum atomic E-state index is -0.608. The van der Waals surface area contributed by atoms with Gasteiger partial charge >= 0.3 is 0 Å². The van der Waals surface area contributed by atoms with E-state index < -0.39 is 5.54 Å². The summed E-state index contributed by atoms with van der Waals surface area (Å²) in [6.07, 6.45) is 7.96. The summed E-state index contributed by atoms with van der Waals surface area (Å²) in [6.45, 7) is 4.50. The molecule has 1 saturated heterocycles. The largest absolute Gasteiger partial charge is 0.342 e. The van der Waals surface area contributed by atoms with Crippen molar-refractivity contribution >= 4 is 11.8 Å². The van der Waals surface area contributed by atoms with Crippen LogP contribution in [0.2, 0.25) is 0 Å². The lowest BCUT2D eigenvalue weighted by Gasteiger charge is -2.33. The van der Waals surface area contributed by atoms with E-state index in [1.807, 2.05) is 30.9 Å². The van der Waals surface area contributed by atoms with E-state index in [0.29, 0.717) is 13.0 Å².